The van der Waals surface area contributed by atoms with Crippen molar-refractivity contribution in [2.24, 2.45) is 0 Å². The highest BCUT2D eigenvalue weighted by Crippen LogP contribution is 2.27. The van der Waals surface area contributed by atoms with Crippen molar-refractivity contribution in [3.63, 3.8) is 0 Å². The third-order valence-corrected chi connectivity index (χ3v) is 2.13. The summed E-state index contributed by atoms with van der Waals surface area (Å²) in [7, 11) is -2.24. The summed E-state index contributed by atoms with van der Waals surface area (Å²) in [4.78, 5) is 0. The lowest BCUT2D eigenvalue weighted by atomic mass is 10.3. The van der Waals surface area contributed by atoms with Crippen LogP contribution in [0.25, 0.3) is 0 Å². The van der Waals surface area contributed by atoms with Gasteiger partial charge in [-0.25, -0.2) is 0 Å². The number of nitrogens with zero attached hydrogens (tertiary/aromatic N) is 1. The summed E-state index contributed by atoms with van der Waals surface area (Å²) in [6, 6.07) is 1.47. The van der Waals surface area contributed by atoms with Crippen molar-refractivity contribution in [3.8, 4) is 6.07 Å². The second-order valence-corrected chi connectivity index (χ2v) is 8.08. The molecule has 6 heteroatoms. The number of hydrogen-bond donors (Lipinski definition) is 0. The molecule has 0 aliphatic heterocycles. The number of nitriles is 1. The van der Waals surface area contributed by atoms with Crippen molar-refractivity contribution in [3.05, 3.63) is 0 Å². The fraction of sp³-hybridized carbons (Fsp3) is 0.857. The smallest absolute Gasteiger partial charge is 0.405 e. The summed E-state index contributed by atoms with van der Waals surface area (Å²) >= 11 is 0. The molecule has 0 saturated carbocycles. The molecule has 0 bridgehead atoms. The Morgan fingerprint density at radius 3 is 2.08 bits per heavy atom. The Labute approximate surface area is 76.4 Å². The summed E-state index contributed by atoms with van der Waals surface area (Å²) in [5.41, 5.74) is 0. The van der Waals surface area contributed by atoms with E-state index in [-0.39, 0.29) is 0 Å². The lowest BCUT2D eigenvalue weighted by Crippen LogP contribution is -2.40. The van der Waals surface area contributed by atoms with Crippen LogP contribution in [0.2, 0.25) is 19.6 Å². The maximum absolute atomic E-state index is 12.2. The third kappa shape index (κ3) is 5.66. The molecule has 0 aromatic carbocycles. The van der Waals surface area contributed by atoms with Crippen LogP contribution in [0.3, 0.4) is 0 Å². The molecule has 1 atom stereocenters. The van der Waals surface area contributed by atoms with Crippen molar-refractivity contribution < 1.29 is 17.6 Å². The average Bonchev–Trinajstić information content (AvgIpc) is 1.81. The summed E-state index contributed by atoms with van der Waals surface area (Å²) < 4.78 is 41.4. The van der Waals surface area contributed by atoms with Gasteiger partial charge >= 0.3 is 6.18 Å². The Morgan fingerprint density at radius 2 is 1.85 bits per heavy atom. The Hall–Kier alpha value is -0.543. The average molecular weight is 211 g/mol. The maximum Gasteiger partial charge on any atom is 0.414 e. The van der Waals surface area contributed by atoms with E-state index in [9.17, 15) is 13.2 Å². The van der Waals surface area contributed by atoms with Gasteiger partial charge in [-0.3, -0.25) is 0 Å². The first-order chi connectivity index (χ1) is 5.67. The molecule has 0 unspecified atom stereocenters. The predicted molar refractivity (Wildman–Crippen MR) is 44.5 cm³/mol. The molecule has 0 amide bonds. The molecule has 0 fully saturated rings. The van der Waals surface area contributed by atoms with Crippen LogP contribution in [0.15, 0.2) is 0 Å². The van der Waals surface area contributed by atoms with Crippen LogP contribution in [-0.4, -0.2) is 20.6 Å². The van der Waals surface area contributed by atoms with Gasteiger partial charge in [0.1, 0.15) is 0 Å². The zero-order chi connectivity index (χ0) is 10.7. The second kappa shape index (κ2) is 4.11. The first kappa shape index (κ1) is 12.5. The van der Waals surface area contributed by atoms with Crippen molar-refractivity contribution in [1.82, 2.24) is 0 Å². The minimum absolute atomic E-state index is 0.631. The molecule has 0 aliphatic rings. The van der Waals surface area contributed by atoms with Gasteiger partial charge in [0.2, 0.25) is 0 Å². The quantitative estimate of drug-likeness (QED) is 0.672. The molecule has 2 nitrogen and oxygen atoms in total. The normalized spacial score (nSPS) is 15.2. The van der Waals surface area contributed by atoms with Gasteiger partial charge in [0.15, 0.2) is 14.4 Å². The van der Waals surface area contributed by atoms with Gasteiger partial charge in [0.05, 0.1) is 12.5 Å². The molecule has 0 N–H and O–H groups in total. The second-order valence-electron chi connectivity index (χ2n) is 3.62. The highest BCUT2D eigenvalue weighted by Gasteiger charge is 2.42. The van der Waals surface area contributed by atoms with E-state index in [2.05, 4.69) is 0 Å². The van der Waals surface area contributed by atoms with Gasteiger partial charge in [0, 0.05) is 0 Å². The monoisotopic (exact) mass is 211 g/mol. The van der Waals surface area contributed by atoms with Gasteiger partial charge in [-0.05, 0) is 19.6 Å². The van der Waals surface area contributed by atoms with Gasteiger partial charge in [-0.1, -0.05) is 0 Å². The van der Waals surface area contributed by atoms with Gasteiger partial charge in [-0.2, -0.15) is 18.4 Å². The zero-order valence-corrected chi connectivity index (χ0v) is 8.77. The fourth-order valence-electron chi connectivity index (χ4n) is 0.734. The van der Waals surface area contributed by atoms with Crippen LogP contribution in [0, 0.1) is 11.3 Å². The molecule has 13 heavy (non-hydrogen) atoms. The number of rotatable bonds is 3. The highest BCUT2D eigenvalue weighted by atomic mass is 28.4. The van der Waals surface area contributed by atoms with Crippen LogP contribution in [-0.2, 0) is 4.43 Å². The summed E-state index contributed by atoms with van der Waals surface area (Å²) in [6.07, 6.45) is -6.99. The largest absolute Gasteiger partial charge is 0.414 e. The Morgan fingerprint density at radius 1 is 1.38 bits per heavy atom. The van der Waals surface area contributed by atoms with E-state index in [0.717, 1.165) is 0 Å². The van der Waals surface area contributed by atoms with E-state index in [0.29, 0.717) is 0 Å². The molecule has 0 heterocycles. The number of hydrogen-bond acceptors (Lipinski definition) is 2. The molecule has 76 valence electrons. The standard InChI is InChI=1S/C7H12F3NOSi/c1-13(2,3)12-6(4-5-11)7(8,9)10/h6H,4H2,1-3H3/t6-/m1/s1. The highest BCUT2D eigenvalue weighted by molar-refractivity contribution is 6.69. The first-order valence-corrected chi connectivity index (χ1v) is 7.19. The molecule has 0 radical (unpaired) electrons. The summed E-state index contributed by atoms with van der Waals surface area (Å²) in [5.74, 6) is 0. The number of halogens is 3. The Kier molecular flexibility index (Phi) is 3.94. The van der Waals surface area contributed by atoms with E-state index in [1.165, 1.54) is 6.07 Å². The zero-order valence-electron chi connectivity index (χ0n) is 7.77. The van der Waals surface area contributed by atoms with Crippen LogP contribution >= 0.6 is 0 Å². The summed E-state index contributed by atoms with van der Waals surface area (Å²) in [5, 5.41) is 8.18. The molecule has 0 aromatic heterocycles. The molecule has 0 aromatic rings. The van der Waals surface area contributed by atoms with Crippen molar-refractivity contribution in [2.45, 2.75) is 38.3 Å². The molecule has 0 aliphatic carbocycles. The van der Waals surface area contributed by atoms with E-state index in [1.54, 1.807) is 19.6 Å². The third-order valence-electron chi connectivity index (χ3n) is 1.14. The SMILES string of the molecule is C[Si](C)(C)O[C@H](CC#N)C(F)(F)F. The Balaban J connectivity index is 4.38. The van der Waals surface area contributed by atoms with Crippen molar-refractivity contribution in [1.29, 1.82) is 5.26 Å². The molecule has 0 saturated heterocycles. The van der Waals surface area contributed by atoms with Gasteiger partial charge < -0.3 is 4.43 Å². The van der Waals surface area contributed by atoms with E-state index >= 15 is 0 Å². The minimum Gasteiger partial charge on any atom is -0.405 e. The van der Waals surface area contributed by atoms with Gasteiger partial charge in [-0.15, -0.1) is 0 Å². The van der Waals surface area contributed by atoms with Crippen LogP contribution in [0.1, 0.15) is 6.42 Å². The van der Waals surface area contributed by atoms with Crippen molar-refractivity contribution in [2.75, 3.05) is 0 Å². The fourth-order valence-corrected chi connectivity index (χ4v) is 1.80. The van der Waals surface area contributed by atoms with E-state index < -0.39 is 27.0 Å². The minimum atomic E-state index is -4.43. The predicted octanol–water partition coefficient (Wildman–Crippen LogP) is 2.68. The van der Waals surface area contributed by atoms with Crippen LogP contribution < -0.4 is 0 Å². The lowest BCUT2D eigenvalue weighted by molar-refractivity contribution is -0.195. The molecular weight excluding hydrogens is 199 g/mol. The topological polar surface area (TPSA) is 33.0 Å². The van der Waals surface area contributed by atoms with E-state index in [1.807, 2.05) is 0 Å². The maximum atomic E-state index is 12.2. The molecule has 0 rings (SSSR count). The lowest BCUT2D eigenvalue weighted by Gasteiger charge is -2.26. The van der Waals surface area contributed by atoms with Crippen LogP contribution in [0.4, 0.5) is 13.2 Å². The molecular formula is C7H12F3NOSi. The van der Waals surface area contributed by atoms with Gasteiger partial charge in [0.25, 0.3) is 0 Å². The molecule has 0 spiro atoms. The summed E-state index contributed by atoms with van der Waals surface area (Å²) in [6.45, 7) is 4.97. The Bertz CT molecular complexity index is 203. The van der Waals surface area contributed by atoms with Crippen molar-refractivity contribution >= 4 is 8.32 Å². The van der Waals surface area contributed by atoms with E-state index in [4.69, 9.17) is 9.69 Å². The van der Waals surface area contributed by atoms with Crippen LogP contribution in [0.5, 0.6) is 0 Å². The first-order valence-electron chi connectivity index (χ1n) is 3.78. The number of alkyl halides is 3.